The first kappa shape index (κ1) is 10.5. The predicted octanol–water partition coefficient (Wildman–Crippen LogP) is 0.777. The number of benzene rings is 1. The van der Waals surface area contributed by atoms with Crippen molar-refractivity contribution in [1.82, 2.24) is 4.90 Å². The number of hydrogen-bond donors (Lipinski definition) is 2. The third-order valence-electron chi connectivity index (χ3n) is 2.86. The van der Waals surface area contributed by atoms with Crippen molar-refractivity contribution in [1.29, 1.82) is 0 Å². The molecule has 84 valence electrons. The molecule has 16 heavy (non-hydrogen) atoms. The number of amides is 1. The second-order valence-corrected chi connectivity index (χ2v) is 3.79. The van der Waals surface area contributed by atoms with Crippen molar-refractivity contribution in [2.75, 3.05) is 0 Å². The lowest BCUT2D eigenvalue weighted by Gasteiger charge is -2.22. The summed E-state index contributed by atoms with van der Waals surface area (Å²) in [6.45, 7) is 2.24. The summed E-state index contributed by atoms with van der Waals surface area (Å²) in [5.41, 5.74) is 7.17. The van der Waals surface area contributed by atoms with Crippen LogP contribution in [0.2, 0.25) is 0 Å². The number of carbonyl (C=O) groups excluding carboxylic acids is 1. The lowest BCUT2D eigenvalue weighted by Crippen LogP contribution is -2.42. The van der Waals surface area contributed by atoms with Gasteiger partial charge in [0.15, 0.2) is 5.84 Å². The van der Waals surface area contributed by atoms with Crippen LogP contribution in [0.3, 0.4) is 0 Å². The molecule has 1 aromatic carbocycles. The second kappa shape index (κ2) is 3.84. The molecule has 1 heterocycles. The molecule has 1 aromatic rings. The number of oxime groups is 1. The lowest BCUT2D eigenvalue weighted by molar-refractivity contribution is 0.0756. The number of fused-ring (bicyclic) bond motifs is 1. The SMILES string of the molecule is CC(/C(N)=N/O)N1Cc2ccccc2C1=O. The van der Waals surface area contributed by atoms with E-state index in [4.69, 9.17) is 10.9 Å². The van der Waals surface area contributed by atoms with E-state index < -0.39 is 6.04 Å². The molecule has 0 saturated heterocycles. The van der Waals surface area contributed by atoms with Crippen molar-refractivity contribution in [3.05, 3.63) is 35.4 Å². The Labute approximate surface area is 93.2 Å². The minimum Gasteiger partial charge on any atom is -0.409 e. The van der Waals surface area contributed by atoms with Gasteiger partial charge in [-0.3, -0.25) is 4.79 Å². The van der Waals surface area contributed by atoms with E-state index in [1.54, 1.807) is 17.9 Å². The minimum atomic E-state index is -0.398. The van der Waals surface area contributed by atoms with E-state index in [1.807, 2.05) is 18.2 Å². The highest BCUT2D eigenvalue weighted by Gasteiger charge is 2.31. The molecule has 3 N–H and O–H groups in total. The van der Waals surface area contributed by atoms with E-state index in [9.17, 15) is 4.79 Å². The average molecular weight is 219 g/mol. The Morgan fingerprint density at radius 3 is 2.88 bits per heavy atom. The van der Waals surface area contributed by atoms with Crippen LogP contribution in [-0.2, 0) is 6.54 Å². The highest BCUT2D eigenvalue weighted by molar-refractivity contribution is 6.01. The van der Waals surface area contributed by atoms with Crippen LogP contribution in [0, 0.1) is 0 Å². The Hall–Kier alpha value is -2.04. The van der Waals surface area contributed by atoms with Gasteiger partial charge in [0, 0.05) is 12.1 Å². The largest absolute Gasteiger partial charge is 0.409 e. The van der Waals surface area contributed by atoms with Crippen molar-refractivity contribution in [3.8, 4) is 0 Å². The fourth-order valence-corrected chi connectivity index (χ4v) is 1.83. The third-order valence-corrected chi connectivity index (χ3v) is 2.86. The smallest absolute Gasteiger partial charge is 0.255 e. The zero-order valence-corrected chi connectivity index (χ0v) is 8.92. The van der Waals surface area contributed by atoms with Gasteiger partial charge >= 0.3 is 0 Å². The van der Waals surface area contributed by atoms with E-state index in [0.29, 0.717) is 12.1 Å². The third kappa shape index (κ3) is 1.50. The van der Waals surface area contributed by atoms with Gasteiger partial charge in [0.1, 0.15) is 0 Å². The number of carbonyl (C=O) groups is 1. The van der Waals surface area contributed by atoms with E-state index >= 15 is 0 Å². The van der Waals surface area contributed by atoms with Crippen LogP contribution in [0.5, 0.6) is 0 Å². The number of hydrogen-bond acceptors (Lipinski definition) is 3. The number of nitrogens with zero attached hydrogens (tertiary/aromatic N) is 2. The van der Waals surface area contributed by atoms with Gasteiger partial charge in [0.25, 0.3) is 5.91 Å². The molecule has 0 aromatic heterocycles. The molecule has 1 aliphatic heterocycles. The van der Waals surface area contributed by atoms with E-state index in [-0.39, 0.29) is 11.7 Å². The Morgan fingerprint density at radius 2 is 2.25 bits per heavy atom. The van der Waals surface area contributed by atoms with Crippen molar-refractivity contribution in [2.24, 2.45) is 10.9 Å². The average Bonchev–Trinajstić information content (AvgIpc) is 2.65. The molecule has 0 saturated carbocycles. The highest BCUT2D eigenvalue weighted by Crippen LogP contribution is 2.24. The number of rotatable bonds is 2. The Balaban J connectivity index is 2.28. The van der Waals surface area contributed by atoms with Crippen LogP contribution < -0.4 is 5.73 Å². The molecule has 5 nitrogen and oxygen atoms in total. The zero-order chi connectivity index (χ0) is 11.7. The zero-order valence-electron chi connectivity index (χ0n) is 8.92. The lowest BCUT2D eigenvalue weighted by atomic mass is 10.1. The number of nitrogens with two attached hydrogens (primary N) is 1. The van der Waals surface area contributed by atoms with Crippen LogP contribution in [-0.4, -0.2) is 27.9 Å². The van der Waals surface area contributed by atoms with Crippen LogP contribution in [0.25, 0.3) is 0 Å². The summed E-state index contributed by atoms with van der Waals surface area (Å²) in [5, 5.41) is 11.5. The molecule has 1 unspecified atom stereocenters. The molecule has 1 aliphatic rings. The molecule has 1 atom stereocenters. The summed E-state index contributed by atoms with van der Waals surface area (Å²) in [5.74, 6) is -0.0316. The normalized spacial score (nSPS) is 17.4. The Kier molecular flexibility index (Phi) is 2.52. The van der Waals surface area contributed by atoms with Gasteiger partial charge in [0.2, 0.25) is 0 Å². The van der Waals surface area contributed by atoms with Crippen molar-refractivity contribution >= 4 is 11.7 Å². The second-order valence-electron chi connectivity index (χ2n) is 3.79. The summed E-state index contributed by atoms with van der Waals surface area (Å²) >= 11 is 0. The summed E-state index contributed by atoms with van der Waals surface area (Å²) < 4.78 is 0. The fourth-order valence-electron chi connectivity index (χ4n) is 1.83. The first-order valence-corrected chi connectivity index (χ1v) is 5.01. The van der Waals surface area contributed by atoms with Gasteiger partial charge in [0.05, 0.1) is 6.04 Å². The summed E-state index contributed by atoms with van der Waals surface area (Å²) in [4.78, 5) is 13.6. The van der Waals surface area contributed by atoms with Crippen LogP contribution in [0.15, 0.2) is 29.4 Å². The molecule has 5 heteroatoms. The van der Waals surface area contributed by atoms with Gasteiger partial charge in [-0.2, -0.15) is 0 Å². The summed E-state index contributed by atoms with van der Waals surface area (Å²) in [6, 6.07) is 7.02. The molecular weight excluding hydrogens is 206 g/mol. The molecule has 0 radical (unpaired) electrons. The summed E-state index contributed by atoms with van der Waals surface area (Å²) in [6.07, 6.45) is 0. The molecule has 0 bridgehead atoms. The molecule has 1 amide bonds. The molecule has 0 aliphatic carbocycles. The highest BCUT2D eigenvalue weighted by atomic mass is 16.4. The standard InChI is InChI=1S/C11H13N3O2/c1-7(10(12)13-16)14-6-8-4-2-3-5-9(8)11(14)15/h2-5,7,16H,6H2,1H3,(H2,12,13). The van der Waals surface area contributed by atoms with E-state index in [2.05, 4.69) is 5.16 Å². The first-order chi connectivity index (χ1) is 7.65. The maximum Gasteiger partial charge on any atom is 0.255 e. The van der Waals surface area contributed by atoms with Gasteiger partial charge in [-0.05, 0) is 18.6 Å². The van der Waals surface area contributed by atoms with Gasteiger partial charge in [-0.15, -0.1) is 0 Å². The predicted molar refractivity (Wildman–Crippen MR) is 59.2 cm³/mol. The first-order valence-electron chi connectivity index (χ1n) is 5.01. The van der Waals surface area contributed by atoms with Crippen molar-refractivity contribution < 1.29 is 10.0 Å². The van der Waals surface area contributed by atoms with E-state index in [1.165, 1.54) is 0 Å². The molecular formula is C11H13N3O2. The Bertz CT molecular complexity index is 456. The molecule has 0 spiro atoms. The topological polar surface area (TPSA) is 78.9 Å². The quantitative estimate of drug-likeness (QED) is 0.334. The van der Waals surface area contributed by atoms with Crippen molar-refractivity contribution in [3.63, 3.8) is 0 Å². The van der Waals surface area contributed by atoms with Crippen LogP contribution in [0.1, 0.15) is 22.8 Å². The fraction of sp³-hybridized carbons (Fsp3) is 0.273. The van der Waals surface area contributed by atoms with Gasteiger partial charge in [-0.1, -0.05) is 23.4 Å². The maximum atomic E-state index is 12.0. The number of amidine groups is 1. The monoisotopic (exact) mass is 219 g/mol. The molecule has 2 rings (SSSR count). The summed E-state index contributed by atoms with van der Waals surface area (Å²) in [7, 11) is 0. The molecule has 0 fully saturated rings. The minimum absolute atomic E-state index is 0.0427. The van der Waals surface area contributed by atoms with Crippen LogP contribution in [0.4, 0.5) is 0 Å². The van der Waals surface area contributed by atoms with Crippen molar-refractivity contribution in [2.45, 2.75) is 19.5 Å². The van der Waals surface area contributed by atoms with E-state index in [0.717, 1.165) is 5.56 Å². The van der Waals surface area contributed by atoms with Gasteiger partial charge < -0.3 is 15.8 Å². The van der Waals surface area contributed by atoms with Gasteiger partial charge in [-0.25, -0.2) is 0 Å². The maximum absolute atomic E-state index is 12.0. The van der Waals surface area contributed by atoms with Crippen LogP contribution >= 0.6 is 0 Å². The Morgan fingerprint density at radius 1 is 1.56 bits per heavy atom.